The summed E-state index contributed by atoms with van der Waals surface area (Å²) in [7, 11) is 0. The topological polar surface area (TPSA) is 34.3 Å². The summed E-state index contributed by atoms with van der Waals surface area (Å²) >= 11 is 0. The third-order valence-electron chi connectivity index (χ3n) is 3.44. The van der Waals surface area contributed by atoms with E-state index in [1.807, 2.05) is 0 Å². The molecule has 2 nitrogen and oxygen atoms in total. The summed E-state index contributed by atoms with van der Waals surface area (Å²) in [6.45, 7) is 0. The van der Waals surface area contributed by atoms with Crippen LogP contribution in [0.25, 0.3) is 0 Å². The number of hydrogen-bond donors (Lipinski definition) is 1. The molecule has 1 heterocycles. The van der Waals surface area contributed by atoms with E-state index in [-0.39, 0.29) is 6.04 Å². The van der Waals surface area contributed by atoms with Gasteiger partial charge in [-0.1, -0.05) is 31.0 Å². The summed E-state index contributed by atoms with van der Waals surface area (Å²) in [5, 5.41) is 3.06. The summed E-state index contributed by atoms with van der Waals surface area (Å²) in [6.07, 6.45) is -0.793. The number of alkyl halides is 3. The summed E-state index contributed by atoms with van der Waals surface area (Å²) in [4.78, 5) is 0. The minimum atomic E-state index is -4.30. The van der Waals surface area contributed by atoms with Crippen LogP contribution in [0.5, 0.6) is 0 Å². The maximum absolute atomic E-state index is 12.6. The molecule has 1 saturated heterocycles. The Balaban J connectivity index is 2.06. The molecule has 0 aromatic heterocycles. The minimum Gasteiger partial charge on any atom is -0.296 e. The van der Waals surface area contributed by atoms with Crippen molar-refractivity contribution in [1.82, 2.24) is 11.1 Å². The fourth-order valence-electron chi connectivity index (χ4n) is 2.49. The van der Waals surface area contributed by atoms with E-state index >= 15 is 0 Å². The van der Waals surface area contributed by atoms with Crippen molar-refractivity contribution in [2.24, 2.45) is 0 Å². The Morgan fingerprint density at radius 1 is 1.21 bits per heavy atom. The second kappa shape index (κ2) is 5.92. The molecule has 1 fully saturated rings. The highest BCUT2D eigenvalue weighted by Crippen LogP contribution is 2.30. The van der Waals surface area contributed by atoms with E-state index in [1.165, 1.54) is 12.1 Å². The van der Waals surface area contributed by atoms with Crippen LogP contribution in [-0.2, 0) is 12.6 Å². The van der Waals surface area contributed by atoms with E-state index in [1.54, 1.807) is 6.07 Å². The summed E-state index contributed by atoms with van der Waals surface area (Å²) in [5.41, 5.74) is 9.67. The molecule has 1 N–H and O–H groups in total. The molecule has 1 aliphatic heterocycles. The normalized spacial score (nSPS) is 25.1. The molecule has 5 heteroatoms. The lowest BCUT2D eigenvalue weighted by molar-refractivity contribution is -0.137. The van der Waals surface area contributed by atoms with Gasteiger partial charge in [0.15, 0.2) is 0 Å². The second-order valence-corrected chi connectivity index (χ2v) is 5.07. The number of hydrogen-bond acceptors (Lipinski definition) is 1. The van der Waals surface area contributed by atoms with Crippen LogP contribution in [0.1, 0.15) is 36.8 Å². The van der Waals surface area contributed by atoms with E-state index in [0.717, 1.165) is 25.3 Å². The lowest BCUT2D eigenvalue weighted by Crippen LogP contribution is -2.38. The number of halogens is 3. The van der Waals surface area contributed by atoms with Crippen molar-refractivity contribution in [2.45, 2.75) is 50.5 Å². The van der Waals surface area contributed by atoms with Crippen LogP contribution >= 0.6 is 0 Å². The Bertz CT molecular complexity index is 417. The zero-order valence-corrected chi connectivity index (χ0v) is 10.6. The van der Waals surface area contributed by atoms with Gasteiger partial charge in [-0.25, -0.2) is 0 Å². The molecule has 2 radical (unpaired) electrons. The highest BCUT2D eigenvalue weighted by molar-refractivity contribution is 5.26. The smallest absolute Gasteiger partial charge is 0.296 e. The zero-order valence-electron chi connectivity index (χ0n) is 10.6. The molecule has 2 rings (SSSR count). The first kappa shape index (κ1) is 14.3. The summed E-state index contributed by atoms with van der Waals surface area (Å²) in [5.74, 6) is 0. The predicted octanol–water partition coefficient (Wildman–Crippen LogP) is 3.17. The van der Waals surface area contributed by atoms with E-state index in [4.69, 9.17) is 0 Å². The van der Waals surface area contributed by atoms with E-state index in [2.05, 4.69) is 5.32 Å². The molecule has 0 saturated carbocycles. The fourth-order valence-corrected chi connectivity index (χ4v) is 2.49. The standard InChI is InChI=1S/C14H17F3N2/c15-14(16,17)11-5-3-4-10(8-11)9-12-6-1-2-7-13(18)19-12/h3-5,8,12-13,19H,1-2,6-7,9H2. The van der Waals surface area contributed by atoms with E-state index in [0.29, 0.717) is 18.4 Å². The highest BCUT2D eigenvalue weighted by atomic mass is 19.4. The first-order valence-corrected chi connectivity index (χ1v) is 6.55. The summed E-state index contributed by atoms with van der Waals surface area (Å²) in [6, 6.07) is 5.46. The Labute approximate surface area is 111 Å². The van der Waals surface area contributed by atoms with Crippen LogP contribution in [-0.4, -0.2) is 12.2 Å². The maximum atomic E-state index is 12.6. The van der Waals surface area contributed by atoms with Crippen LogP contribution in [0.4, 0.5) is 13.2 Å². The third kappa shape index (κ3) is 4.21. The van der Waals surface area contributed by atoms with Crippen molar-refractivity contribution in [3.05, 3.63) is 35.4 Å². The molecule has 0 spiro atoms. The van der Waals surface area contributed by atoms with Gasteiger partial charge in [0.25, 0.3) is 0 Å². The Hall–Kier alpha value is -1.07. The average Bonchev–Trinajstić information content (AvgIpc) is 2.53. The van der Waals surface area contributed by atoms with E-state index < -0.39 is 17.9 Å². The average molecular weight is 270 g/mol. The van der Waals surface area contributed by atoms with Gasteiger partial charge in [-0.2, -0.15) is 13.2 Å². The van der Waals surface area contributed by atoms with Gasteiger partial charge in [-0.3, -0.25) is 5.32 Å². The Kier molecular flexibility index (Phi) is 4.47. The monoisotopic (exact) mass is 270 g/mol. The molecule has 1 aromatic rings. The van der Waals surface area contributed by atoms with Crippen LogP contribution in [0, 0.1) is 0 Å². The van der Waals surface area contributed by atoms with Crippen molar-refractivity contribution in [3.8, 4) is 0 Å². The molecular weight excluding hydrogens is 253 g/mol. The maximum Gasteiger partial charge on any atom is 0.416 e. The largest absolute Gasteiger partial charge is 0.416 e. The summed E-state index contributed by atoms with van der Waals surface area (Å²) < 4.78 is 37.9. The number of nitrogens with one attached hydrogen (secondary N) is 1. The molecule has 104 valence electrons. The van der Waals surface area contributed by atoms with Crippen LogP contribution < -0.4 is 11.1 Å². The van der Waals surface area contributed by atoms with Crippen LogP contribution in [0.3, 0.4) is 0 Å². The van der Waals surface area contributed by atoms with Crippen molar-refractivity contribution in [3.63, 3.8) is 0 Å². The quantitative estimate of drug-likeness (QED) is 0.880. The Morgan fingerprint density at radius 3 is 2.68 bits per heavy atom. The van der Waals surface area contributed by atoms with Gasteiger partial charge in [-0.05, 0) is 30.9 Å². The SMILES string of the molecule is [N]C1CCCCC(Cc2cccc(C(F)(F)F)c2)N1. The number of rotatable bonds is 2. The molecular formula is C14H17F3N2. The third-order valence-corrected chi connectivity index (χ3v) is 3.44. The number of benzene rings is 1. The van der Waals surface area contributed by atoms with Crippen molar-refractivity contribution < 1.29 is 13.2 Å². The molecule has 0 aliphatic carbocycles. The molecule has 1 aromatic carbocycles. The van der Waals surface area contributed by atoms with E-state index in [9.17, 15) is 18.9 Å². The Morgan fingerprint density at radius 2 is 1.95 bits per heavy atom. The number of nitrogens with zero attached hydrogens (tertiary/aromatic N) is 1. The molecule has 2 atom stereocenters. The fraction of sp³-hybridized carbons (Fsp3) is 0.571. The molecule has 19 heavy (non-hydrogen) atoms. The first-order chi connectivity index (χ1) is 8.95. The molecule has 2 unspecified atom stereocenters. The van der Waals surface area contributed by atoms with Gasteiger partial charge in [0.05, 0.1) is 11.7 Å². The molecule has 0 amide bonds. The van der Waals surface area contributed by atoms with Gasteiger partial charge in [0.2, 0.25) is 0 Å². The lowest BCUT2D eigenvalue weighted by atomic mass is 10.00. The van der Waals surface area contributed by atoms with Crippen LogP contribution in [0.2, 0.25) is 0 Å². The van der Waals surface area contributed by atoms with Crippen molar-refractivity contribution in [1.29, 1.82) is 0 Å². The second-order valence-electron chi connectivity index (χ2n) is 5.07. The van der Waals surface area contributed by atoms with Crippen LogP contribution in [0.15, 0.2) is 24.3 Å². The van der Waals surface area contributed by atoms with Crippen molar-refractivity contribution in [2.75, 3.05) is 0 Å². The lowest BCUT2D eigenvalue weighted by Gasteiger charge is -2.19. The van der Waals surface area contributed by atoms with Gasteiger partial charge in [0.1, 0.15) is 0 Å². The van der Waals surface area contributed by atoms with Crippen molar-refractivity contribution >= 4 is 0 Å². The molecule has 0 bridgehead atoms. The van der Waals surface area contributed by atoms with Gasteiger partial charge in [0, 0.05) is 6.04 Å². The minimum absolute atomic E-state index is 0.0426. The van der Waals surface area contributed by atoms with Gasteiger partial charge in [-0.15, -0.1) is 5.73 Å². The first-order valence-electron chi connectivity index (χ1n) is 6.55. The van der Waals surface area contributed by atoms with Gasteiger partial charge >= 0.3 is 6.18 Å². The molecule has 1 aliphatic rings. The highest BCUT2D eigenvalue weighted by Gasteiger charge is 2.30. The van der Waals surface area contributed by atoms with Gasteiger partial charge < -0.3 is 0 Å². The zero-order chi connectivity index (χ0) is 13.9. The predicted molar refractivity (Wildman–Crippen MR) is 66.5 cm³/mol.